The summed E-state index contributed by atoms with van der Waals surface area (Å²) in [4.78, 5) is 23.7. The minimum absolute atomic E-state index is 0.0759. The number of carboxylic acid groups (broad SMARTS) is 1. The fourth-order valence-electron chi connectivity index (χ4n) is 2.65. The summed E-state index contributed by atoms with van der Waals surface area (Å²) >= 11 is 0. The van der Waals surface area contributed by atoms with Crippen molar-refractivity contribution in [2.24, 2.45) is 0 Å². The third-order valence-electron chi connectivity index (χ3n) is 3.89. The van der Waals surface area contributed by atoms with Gasteiger partial charge < -0.3 is 14.4 Å². The van der Waals surface area contributed by atoms with E-state index in [0.29, 0.717) is 11.4 Å². The van der Waals surface area contributed by atoms with Crippen LogP contribution in [0.3, 0.4) is 0 Å². The maximum atomic E-state index is 12.5. The molecule has 0 amide bonds. The second kappa shape index (κ2) is 5.33. The van der Waals surface area contributed by atoms with Gasteiger partial charge in [-0.05, 0) is 44.0 Å². The highest BCUT2D eigenvalue weighted by Crippen LogP contribution is 2.39. The van der Waals surface area contributed by atoms with Crippen molar-refractivity contribution in [1.82, 2.24) is 4.57 Å². The van der Waals surface area contributed by atoms with Crippen LogP contribution < -0.4 is 10.3 Å². The second-order valence-corrected chi connectivity index (χ2v) is 5.55. The summed E-state index contributed by atoms with van der Waals surface area (Å²) in [7, 11) is 1.58. The molecule has 2 aromatic rings. The molecule has 1 aliphatic rings. The molecule has 0 spiro atoms. The zero-order valence-electron chi connectivity index (χ0n) is 12.5. The second-order valence-electron chi connectivity index (χ2n) is 5.55. The predicted octanol–water partition coefficient (Wildman–Crippen LogP) is 2.87. The molecule has 1 N–H and O–H groups in total. The van der Waals surface area contributed by atoms with E-state index in [-0.39, 0.29) is 11.6 Å². The van der Waals surface area contributed by atoms with Gasteiger partial charge >= 0.3 is 5.97 Å². The van der Waals surface area contributed by atoms with E-state index in [2.05, 4.69) is 0 Å². The van der Waals surface area contributed by atoms with Crippen LogP contribution in [0.2, 0.25) is 0 Å². The smallest absolute Gasteiger partial charge is 0.341 e. The van der Waals surface area contributed by atoms with Gasteiger partial charge in [-0.25, -0.2) is 4.79 Å². The van der Waals surface area contributed by atoms with Crippen LogP contribution in [0.1, 0.15) is 34.8 Å². The molecule has 0 radical (unpaired) electrons. The SMILES string of the molecule is COc1ccc(C)cc1-c1ccc(C(=O)O)c(=O)n1C1CC1. The number of pyridine rings is 1. The topological polar surface area (TPSA) is 68.5 Å². The van der Waals surface area contributed by atoms with Gasteiger partial charge in [-0.2, -0.15) is 0 Å². The van der Waals surface area contributed by atoms with Crippen LogP contribution in [0.5, 0.6) is 5.75 Å². The molecule has 1 aromatic carbocycles. The van der Waals surface area contributed by atoms with Crippen molar-refractivity contribution in [2.75, 3.05) is 7.11 Å². The van der Waals surface area contributed by atoms with Gasteiger partial charge in [0.25, 0.3) is 5.56 Å². The Hall–Kier alpha value is -2.56. The van der Waals surface area contributed by atoms with E-state index >= 15 is 0 Å². The van der Waals surface area contributed by atoms with Gasteiger partial charge in [0, 0.05) is 11.6 Å². The number of aryl methyl sites for hydroxylation is 1. The molecule has 0 bridgehead atoms. The monoisotopic (exact) mass is 299 g/mol. The number of ether oxygens (including phenoxy) is 1. The van der Waals surface area contributed by atoms with Gasteiger partial charge in [0.05, 0.1) is 12.8 Å². The molecule has 0 atom stereocenters. The zero-order valence-corrected chi connectivity index (χ0v) is 12.5. The number of carbonyl (C=O) groups is 1. The number of aromatic carboxylic acids is 1. The predicted molar refractivity (Wildman–Crippen MR) is 82.7 cm³/mol. The Labute approximate surface area is 127 Å². The molecule has 5 nitrogen and oxygen atoms in total. The summed E-state index contributed by atoms with van der Waals surface area (Å²) in [6.07, 6.45) is 1.79. The van der Waals surface area contributed by atoms with E-state index in [4.69, 9.17) is 9.84 Å². The maximum absolute atomic E-state index is 12.5. The molecule has 1 saturated carbocycles. The Morgan fingerprint density at radius 2 is 2.00 bits per heavy atom. The molecule has 114 valence electrons. The van der Waals surface area contributed by atoms with Crippen molar-refractivity contribution in [3.05, 3.63) is 51.8 Å². The number of carboxylic acids is 1. The van der Waals surface area contributed by atoms with Crippen molar-refractivity contribution < 1.29 is 14.6 Å². The number of methoxy groups -OCH3 is 1. The molecule has 3 rings (SSSR count). The van der Waals surface area contributed by atoms with E-state index in [1.807, 2.05) is 25.1 Å². The van der Waals surface area contributed by atoms with Crippen molar-refractivity contribution >= 4 is 5.97 Å². The Morgan fingerprint density at radius 1 is 1.27 bits per heavy atom. The Morgan fingerprint density at radius 3 is 2.59 bits per heavy atom. The third-order valence-corrected chi connectivity index (χ3v) is 3.89. The van der Waals surface area contributed by atoms with Crippen LogP contribution in [-0.2, 0) is 0 Å². The number of hydrogen-bond acceptors (Lipinski definition) is 3. The molecule has 1 fully saturated rings. The van der Waals surface area contributed by atoms with E-state index in [1.165, 1.54) is 6.07 Å². The highest BCUT2D eigenvalue weighted by Gasteiger charge is 2.29. The van der Waals surface area contributed by atoms with Crippen LogP contribution in [0.25, 0.3) is 11.3 Å². The molecule has 0 unspecified atom stereocenters. The first kappa shape index (κ1) is 14.4. The van der Waals surface area contributed by atoms with Crippen LogP contribution >= 0.6 is 0 Å². The number of benzene rings is 1. The lowest BCUT2D eigenvalue weighted by Gasteiger charge is -2.16. The molecule has 1 heterocycles. The van der Waals surface area contributed by atoms with E-state index in [0.717, 1.165) is 24.0 Å². The van der Waals surface area contributed by atoms with Gasteiger partial charge in [-0.15, -0.1) is 0 Å². The largest absolute Gasteiger partial charge is 0.496 e. The summed E-state index contributed by atoms with van der Waals surface area (Å²) in [5, 5.41) is 9.16. The summed E-state index contributed by atoms with van der Waals surface area (Å²) in [6, 6.07) is 8.89. The number of aromatic nitrogens is 1. The van der Waals surface area contributed by atoms with Gasteiger partial charge in [-0.3, -0.25) is 4.79 Å². The van der Waals surface area contributed by atoms with Gasteiger partial charge in [0.2, 0.25) is 0 Å². The molecule has 22 heavy (non-hydrogen) atoms. The van der Waals surface area contributed by atoms with Crippen LogP contribution in [0.4, 0.5) is 0 Å². The lowest BCUT2D eigenvalue weighted by Crippen LogP contribution is -2.26. The first-order chi connectivity index (χ1) is 10.5. The first-order valence-corrected chi connectivity index (χ1v) is 7.16. The zero-order chi connectivity index (χ0) is 15.9. The van der Waals surface area contributed by atoms with Crippen LogP contribution in [-0.4, -0.2) is 22.8 Å². The van der Waals surface area contributed by atoms with Gasteiger partial charge in [0.15, 0.2) is 0 Å². The van der Waals surface area contributed by atoms with Gasteiger partial charge in [0.1, 0.15) is 11.3 Å². The fraction of sp³-hybridized carbons (Fsp3) is 0.294. The molecule has 1 aliphatic carbocycles. The highest BCUT2D eigenvalue weighted by atomic mass is 16.5. The average Bonchev–Trinajstić information content (AvgIpc) is 3.31. The minimum Gasteiger partial charge on any atom is -0.496 e. The van der Waals surface area contributed by atoms with Crippen molar-refractivity contribution in [3.63, 3.8) is 0 Å². The van der Waals surface area contributed by atoms with Crippen molar-refractivity contribution in [1.29, 1.82) is 0 Å². The normalized spacial score (nSPS) is 13.9. The Kier molecular flexibility index (Phi) is 3.48. The molecular formula is C17H17NO4. The number of hydrogen-bond donors (Lipinski definition) is 1. The average molecular weight is 299 g/mol. The quantitative estimate of drug-likeness (QED) is 0.942. The van der Waals surface area contributed by atoms with E-state index in [1.54, 1.807) is 17.7 Å². The van der Waals surface area contributed by atoms with E-state index < -0.39 is 11.5 Å². The fourth-order valence-corrected chi connectivity index (χ4v) is 2.65. The standard InChI is InChI=1S/C17H17NO4/c1-10-3-8-15(22-2)13(9-10)14-7-6-12(17(20)21)16(19)18(14)11-4-5-11/h3,6-9,11H,4-5H2,1-2H3,(H,20,21). The molecule has 1 aromatic heterocycles. The molecule has 5 heteroatoms. The molecule has 0 saturated heterocycles. The van der Waals surface area contributed by atoms with Crippen LogP contribution in [0.15, 0.2) is 35.1 Å². The Balaban J connectivity index is 2.28. The third kappa shape index (κ3) is 2.39. The molecular weight excluding hydrogens is 282 g/mol. The van der Waals surface area contributed by atoms with Crippen molar-refractivity contribution in [2.45, 2.75) is 25.8 Å². The maximum Gasteiger partial charge on any atom is 0.341 e. The number of nitrogens with zero attached hydrogens (tertiary/aromatic N) is 1. The highest BCUT2D eigenvalue weighted by molar-refractivity contribution is 5.87. The Bertz CT molecular complexity index is 803. The number of rotatable bonds is 4. The van der Waals surface area contributed by atoms with Crippen LogP contribution in [0, 0.1) is 6.92 Å². The lowest BCUT2D eigenvalue weighted by molar-refractivity contribution is 0.0694. The summed E-state index contributed by atoms with van der Waals surface area (Å²) in [5.41, 5.74) is 1.92. The summed E-state index contributed by atoms with van der Waals surface area (Å²) < 4.78 is 6.99. The lowest BCUT2D eigenvalue weighted by atomic mass is 10.1. The van der Waals surface area contributed by atoms with Crippen molar-refractivity contribution in [3.8, 4) is 17.0 Å². The minimum atomic E-state index is -1.19. The first-order valence-electron chi connectivity index (χ1n) is 7.16. The summed E-state index contributed by atoms with van der Waals surface area (Å²) in [5.74, 6) is -0.523. The molecule has 0 aliphatic heterocycles. The van der Waals surface area contributed by atoms with E-state index in [9.17, 15) is 9.59 Å². The summed E-state index contributed by atoms with van der Waals surface area (Å²) in [6.45, 7) is 1.97. The van der Waals surface area contributed by atoms with Gasteiger partial charge in [-0.1, -0.05) is 11.6 Å².